The zero-order valence-electron chi connectivity index (χ0n) is 13.2. The summed E-state index contributed by atoms with van der Waals surface area (Å²) in [7, 11) is 0. The molecule has 2 N–H and O–H groups in total. The minimum Gasteiger partial charge on any atom is -0.394 e. The maximum Gasteiger partial charge on any atom is 0.252 e. The van der Waals surface area contributed by atoms with Crippen LogP contribution in [0.15, 0.2) is 22.7 Å². The first kappa shape index (κ1) is 17.4. The molecule has 2 atom stereocenters. The average molecular weight is 372 g/mol. The third kappa shape index (κ3) is 3.87. The molecule has 122 valence electrons. The Morgan fingerprint density at radius 3 is 2.68 bits per heavy atom. The monoisotopic (exact) mass is 371 g/mol. The maximum absolute atomic E-state index is 13.2. The predicted molar refractivity (Wildman–Crippen MR) is 88.2 cm³/mol. The van der Waals surface area contributed by atoms with Crippen LogP contribution in [0.2, 0.25) is 0 Å². The number of aliphatic hydroxyl groups is 1. The highest BCUT2D eigenvalue weighted by molar-refractivity contribution is 9.10. The van der Waals surface area contributed by atoms with E-state index >= 15 is 0 Å². The minimum absolute atomic E-state index is 0.0632. The quantitative estimate of drug-likeness (QED) is 0.846. The largest absolute Gasteiger partial charge is 0.394 e. The minimum atomic E-state index is -0.619. The highest BCUT2D eigenvalue weighted by atomic mass is 79.9. The summed E-state index contributed by atoms with van der Waals surface area (Å²) in [6.45, 7) is 6.37. The van der Waals surface area contributed by atoms with Crippen LogP contribution in [0.1, 0.15) is 50.4 Å². The number of benzene rings is 1. The van der Waals surface area contributed by atoms with Gasteiger partial charge >= 0.3 is 0 Å². The van der Waals surface area contributed by atoms with Gasteiger partial charge in [0.25, 0.3) is 5.91 Å². The van der Waals surface area contributed by atoms with E-state index in [1.54, 1.807) is 0 Å². The Bertz CT molecular complexity index is 576. The van der Waals surface area contributed by atoms with Gasteiger partial charge in [-0.15, -0.1) is 0 Å². The van der Waals surface area contributed by atoms with Crippen LogP contribution in [0, 0.1) is 17.2 Å². The first-order chi connectivity index (χ1) is 10.2. The molecule has 1 aromatic carbocycles. The number of hydrogen-bond acceptors (Lipinski definition) is 2. The number of nitrogens with one attached hydrogen (secondary N) is 1. The van der Waals surface area contributed by atoms with Gasteiger partial charge in [-0.3, -0.25) is 4.79 Å². The zero-order chi connectivity index (χ0) is 16.5. The summed E-state index contributed by atoms with van der Waals surface area (Å²) in [4.78, 5) is 12.6. The van der Waals surface area contributed by atoms with E-state index in [1.807, 2.05) is 0 Å². The lowest BCUT2D eigenvalue weighted by atomic mass is 9.64. The van der Waals surface area contributed by atoms with Crippen molar-refractivity contribution >= 4 is 21.8 Å². The van der Waals surface area contributed by atoms with Gasteiger partial charge in [-0.05, 0) is 64.7 Å². The average Bonchev–Trinajstić information content (AvgIpc) is 2.35. The Kier molecular flexibility index (Phi) is 4.97. The fourth-order valence-electron chi connectivity index (χ4n) is 3.98. The smallest absolute Gasteiger partial charge is 0.252 e. The Hall–Kier alpha value is -0.940. The fraction of sp³-hybridized carbons (Fsp3) is 0.588. The van der Waals surface area contributed by atoms with E-state index in [2.05, 4.69) is 42.0 Å². The van der Waals surface area contributed by atoms with Gasteiger partial charge in [-0.25, -0.2) is 4.39 Å². The lowest BCUT2D eigenvalue weighted by Gasteiger charge is -2.47. The molecule has 0 saturated heterocycles. The van der Waals surface area contributed by atoms with Crippen LogP contribution in [0.3, 0.4) is 0 Å². The van der Waals surface area contributed by atoms with Gasteiger partial charge < -0.3 is 10.4 Å². The van der Waals surface area contributed by atoms with Gasteiger partial charge in [-0.2, -0.15) is 0 Å². The normalized spacial score (nSPS) is 27.5. The number of carbonyl (C=O) groups is 1. The van der Waals surface area contributed by atoms with Crippen molar-refractivity contribution in [3.05, 3.63) is 34.1 Å². The Labute approximate surface area is 139 Å². The summed E-state index contributed by atoms with van der Waals surface area (Å²) in [6, 6.07) is 3.99. The van der Waals surface area contributed by atoms with Crippen LogP contribution in [0.25, 0.3) is 0 Å². The molecule has 22 heavy (non-hydrogen) atoms. The standard InChI is InChI=1S/C17H23BrFNO2/c1-11-7-16(2,3)9-17(8-11,10-21)20-15(22)13-5-4-12(19)6-14(13)18/h4-6,11,21H,7-10H2,1-3H3,(H,20,22)/t11-,17-/m0/s1. The molecule has 1 fully saturated rings. The van der Waals surface area contributed by atoms with Crippen molar-refractivity contribution in [2.75, 3.05) is 6.61 Å². The third-order valence-corrected chi connectivity index (χ3v) is 4.97. The van der Waals surface area contributed by atoms with Gasteiger partial charge in [0.2, 0.25) is 0 Å². The molecule has 0 radical (unpaired) electrons. The van der Waals surface area contributed by atoms with Crippen LogP contribution in [-0.4, -0.2) is 23.2 Å². The van der Waals surface area contributed by atoms with Crippen molar-refractivity contribution in [3.63, 3.8) is 0 Å². The summed E-state index contributed by atoms with van der Waals surface area (Å²) in [5, 5.41) is 12.9. The molecule has 0 unspecified atom stereocenters. The fourth-order valence-corrected chi connectivity index (χ4v) is 4.51. The molecule has 0 aromatic heterocycles. The topological polar surface area (TPSA) is 49.3 Å². The first-order valence-electron chi connectivity index (χ1n) is 7.55. The van der Waals surface area contributed by atoms with Crippen molar-refractivity contribution in [1.29, 1.82) is 0 Å². The molecule has 0 aliphatic heterocycles. The lowest BCUT2D eigenvalue weighted by Crippen LogP contribution is -2.57. The van der Waals surface area contributed by atoms with Crippen molar-refractivity contribution in [2.45, 2.75) is 45.6 Å². The van der Waals surface area contributed by atoms with Gasteiger partial charge in [0.1, 0.15) is 5.82 Å². The number of amides is 1. The number of hydrogen-bond donors (Lipinski definition) is 2. The molecule has 2 rings (SSSR count). The molecular weight excluding hydrogens is 349 g/mol. The summed E-state index contributed by atoms with van der Waals surface area (Å²) >= 11 is 3.22. The number of carbonyl (C=O) groups excluding carboxylic acids is 1. The Balaban J connectivity index is 2.24. The second-order valence-electron chi connectivity index (χ2n) is 7.37. The first-order valence-corrected chi connectivity index (χ1v) is 8.34. The van der Waals surface area contributed by atoms with Crippen molar-refractivity contribution in [2.24, 2.45) is 11.3 Å². The summed E-state index contributed by atoms with van der Waals surface area (Å²) in [5.41, 5.74) is -0.176. The number of rotatable bonds is 3. The second kappa shape index (κ2) is 6.28. The van der Waals surface area contributed by atoms with E-state index in [4.69, 9.17) is 0 Å². The molecule has 0 spiro atoms. The third-order valence-electron chi connectivity index (χ3n) is 4.31. The Morgan fingerprint density at radius 1 is 1.45 bits per heavy atom. The van der Waals surface area contributed by atoms with Crippen molar-refractivity contribution < 1.29 is 14.3 Å². The maximum atomic E-state index is 13.2. The summed E-state index contributed by atoms with van der Waals surface area (Å²) in [6.07, 6.45) is 2.55. The van der Waals surface area contributed by atoms with Crippen LogP contribution < -0.4 is 5.32 Å². The van der Waals surface area contributed by atoms with Crippen molar-refractivity contribution in [3.8, 4) is 0 Å². The SMILES string of the molecule is C[C@H]1CC(C)(C)C[C@@](CO)(NC(=O)c2ccc(F)cc2Br)C1. The van der Waals surface area contributed by atoms with Crippen LogP contribution >= 0.6 is 15.9 Å². The van der Waals surface area contributed by atoms with E-state index in [-0.39, 0.29) is 17.9 Å². The van der Waals surface area contributed by atoms with Crippen LogP contribution in [0.5, 0.6) is 0 Å². The van der Waals surface area contributed by atoms with Crippen LogP contribution in [-0.2, 0) is 0 Å². The van der Waals surface area contributed by atoms with Gasteiger partial charge in [0.05, 0.1) is 17.7 Å². The molecule has 5 heteroatoms. The highest BCUT2D eigenvalue weighted by Crippen LogP contribution is 2.43. The molecule has 1 amide bonds. The second-order valence-corrected chi connectivity index (χ2v) is 8.23. The molecule has 1 saturated carbocycles. The number of aliphatic hydroxyl groups excluding tert-OH is 1. The van der Waals surface area contributed by atoms with Gasteiger partial charge in [-0.1, -0.05) is 20.8 Å². The highest BCUT2D eigenvalue weighted by Gasteiger charge is 2.43. The van der Waals surface area contributed by atoms with E-state index in [1.165, 1.54) is 18.2 Å². The van der Waals surface area contributed by atoms with Crippen molar-refractivity contribution in [1.82, 2.24) is 5.32 Å². The molecule has 3 nitrogen and oxygen atoms in total. The lowest BCUT2D eigenvalue weighted by molar-refractivity contribution is 0.0334. The molecule has 0 bridgehead atoms. The molecule has 1 aliphatic carbocycles. The van der Waals surface area contributed by atoms with Crippen LogP contribution in [0.4, 0.5) is 4.39 Å². The zero-order valence-corrected chi connectivity index (χ0v) is 14.8. The van der Waals surface area contributed by atoms with Gasteiger partial charge in [0.15, 0.2) is 0 Å². The molecule has 1 aliphatic rings. The molecule has 0 heterocycles. The van der Waals surface area contributed by atoms with E-state index < -0.39 is 11.4 Å². The van der Waals surface area contributed by atoms with E-state index in [0.717, 1.165) is 19.3 Å². The van der Waals surface area contributed by atoms with E-state index in [9.17, 15) is 14.3 Å². The predicted octanol–water partition coefficient (Wildman–Crippen LogP) is 3.90. The molecule has 1 aromatic rings. The van der Waals surface area contributed by atoms with Gasteiger partial charge in [0, 0.05) is 4.47 Å². The molecular formula is C17H23BrFNO2. The van der Waals surface area contributed by atoms with E-state index in [0.29, 0.717) is 16.0 Å². The number of halogens is 2. The summed E-state index contributed by atoms with van der Waals surface area (Å²) in [5.74, 6) is -0.258. The Morgan fingerprint density at radius 2 is 2.14 bits per heavy atom. The summed E-state index contributed by atoms with van der Waals surface area (Å²) < 4.78 is 13.6.